The zero-order valence-corrected chi connectivity index (χ0v) is 8.20. The Hall–Kier alpha value is -1.09. The second kappa shape index (κ2) is 4.82. The standard InChI is InChI=1S/C10H16N2O/c1-3-12(7-8-13)10-9(2)5-4-6-11-10/h4-6,13H,3,7-8H2,1-2H3. The Balaban J connectivity index is 2.84. The van der Waals surface area contributed by atoms with E-state index >= 15 is 0 Å². The summed E-state index contributed by atoms with van der Waals surface area (Å²) in [5.74, 6) is 0.971. The van der Waals surface area contributed by atoms with Gasteiger partial charge in [0.1, 0.15) is 5.82 Å². The normalized spacial score (nSPS) is 10.1. The number of anilines is 1. The van der Waals surface area contributed by atoms with Gasteiger partial charge in [-0.2, -0.15) is 0 Å². The van der Waals surface area contributed by atoms with Gasteiger partial charge in [-0.1, -0.05) is 6.07 Å². The third-order valence-electron chi connectivity index (χ3n) is 2.03. The molecule has 0 unspecified atom stereocenters. The molecule has 0 aromatic carbocycles. The van der Waals surface area contributed by atoms with Crippen LogP contribution in [0, 0.1) is 6.92 Å². The van der Waals surface area contributed by atoms with E-state index in [0.717, 1.165) is 17.9 Å². The van der Waals surface area contributed by atoms with Gasteiger partial charge in [-0.3, -0.25) is 0 Å². The van der Waals surface area contributed by atoms with Crippen LogP contribution in [0.5, 0.6) is 0 Å². The SMILES string of the molecule is CCN(CCO)c1ncccc1C. The Labute approximate surface area is 79.0 Å². The van der Waals surface area contributed by atoms with Crippen molar-refractivity contribution in [2.75, 3.05) is 24.6 Å². The molecule has 0 atom stereocenters. The Kier molecular flexibility index (Phi) is 3.71. The number of aliphatic hydroxyl groups excluding tert-OH is 1. The monoisotopic (exact) mass is 180 g/mol. The minimum absolute atomic E-state index is 0.170. The van der Waals surface area contributed by atoms with Crippen molar-refractivity contribution >= 4 is 5.82 Å². The Morgan fingerprint density at radius 2 is 2.31 bits per heavy atom. The number of pyridine rings is 1. The van der Waals surface area contributed by atoms with Crippen LogP contribution in [0.15, 0.2) is 18.3 Å². The van der Waals surface area contributed by atoms with Crippen molar-refractivity contribution in [2.45, 2.75) is 13.8 Å². The first kappa shape index (κ1) is 9.99. The molecule has 1 heterocycles. The van der Waals surface area contributed by atoms with Crippen LogP contribution in [0.3, 0.4) is 0 Å². The number of hydrogen-bond acceptors (Lipinski definition) is 3. The van der Waals surface area contributed by atoms with E-state index in [-0.39, 0.29) is 6.61 Å². The van der Waals surface area contributed by atoms with Crippen LogP contribution in [-0.4, -0.2) is 29.8 Å². The zero-order chi connectivity index (χ0) is 9.68. The van der Waals surface area contributed by atoms with Gasteiger partial charge in [-0.05, 0) is 25.5 Å². The summed E-state index contributed by atoms with van der Waals surface area (Å²) >= 11 is 0. The predicted molar refractivity (Wildman–Crippen MR) is 53.9 cm³/mol. The van der Waals surface area contributed by atoms with Gasteiger partial charge >= 0.3 is 0 Å². The molecule has 0 fully saturated rings. The molecule has 1 N–H and O–H groups in total. The van der Waals surface area contributed by atoms with Gasteiger partial charge < -0.3 is 10.0 Å². The molecule has 13 heavy (non-hydrogen) atoms. The van der Waals surface area contributed by atoms with Gasteiger partial charge in [-0.25, -0.2) is 4.98 Å². The molecule has 0 amide bonds. The average Bonchev–Trinajstić information content (AvgIpc) is 2.16. The predicted octanol–water partition coefficient (Wildman–Crippen LogP) is 1.21. The summed E-state index contributed by atoms with van der Waals surface area (Å²) in [6.45, 7) is 5.78. The Morgan fingerprint density at radius 1 is 1.54 bits per heavy atom. The highest BCUT2D eigenvalue weighted by Gasteiger charge is 2.06. The lowest BCUT2D eigenvalue weighted by Crippen LogP contribution is -2.27. The Bertz CT molecular complexity index is 263. The van der Waals surface area contributed by atoms with Gasteiger partial charge in [0, 0.05) is 19.3 Å². The summed E-state index contributed by atoms with van der Waals surface area (Å²) in [5.41, 5.74) is 1.15. The Morgan fingerprint density at radius 3 is 2.85 bits per heavy atom. The maximum absolute atomic E-state index is 8.85. The topological polar surface area (TPSA) is 36.4 Å². The number of hydrogen-bond donors (Lipinski definition) is 1. The highest BCUT2D eigenvalue weighted by atomic mass is 16.3. The molecule has 0 aliphatic carbocycles. The number of aromatic nitrogens is 1. The van der Waals surface area contributed by atoms with Crippen LogP contribution in [0.1, 0.15) is 12.5 Å². The fraction of sp³-hybridized carbons (Fsp3) is 0.500. The summed E-state index contributed by atoms with van der Waals surface area (Å²) in [6.07, 6.45) is 1.78. The van der Waals surface area contributed by atoms with E-state index < -0.39 is 0 Å². The summed E-state index contributed by atoms with van der Waals surface area (Å²) < 4.78 is 0. The van der Waals surface area contributed by atoms with Crippen molar-refractivity contribution in [3.8, 4) is 0 Å². The summed E-state index contributed by atoms with van der Waals surface area (Å²) in [6, 6.07) is 3.95. The van der Waals surface area contributed by atoms with Crippen LogP contribution < -0.4 is 4.90 Å². The van der Waals surface area contributed by atoms with Crippen molar-refractivity contribution in [3.05, 3.63) is 23.9 Å². The van der Waals surface area contributed by atoms with Crippen LogP contribution in [0.25, 0.3) is 0 Å². The second-order valence-corrected chi connectivity index (χ2v) is 2.95. The van der Waals surface area contributed by atoms with E-state index in [2.05, 4.69) is 16.8 Å². The average molecular weight is 180 g/mol. The first-order chi connectivity index (χ1) is 6.29. The third kappa shape index (κ3) is 2.42. The first-order valence-corrected chi connectivity index (χ1v) is 4.57. The molecule has 72 valence electrons. The van der Waals surface area contributed by atoms with Crippen LogP contribution >= 0.6 is 0 Å². The van der Waals surface area contributed by atoms with Crippen LogP contribution in [0.2, 0.25) is 0 Å². The highest BCUT2D eigenvalue weighted by Crippen LogP contribution is 2.14. The molecule has 0 bridgehead atoms. The van der Waals surface area contributed by atoms with E-state index in [0.29, 0.717) is 6.54 Å². The van der Waals surface area contributed by atoms with E-state index in [1.54, 1.807) is 6.20 Å². The van der Waals surface area contributed by atoms with E-state index in [9.17, 15) is 0 Å². The molecule has 0 saturated heterocycles. The van der Waals surface area contributed by atoms with Crippen LogP contribution in [0.4, 0.5) is 5.82 Å². The van der Waals surface area contributed by atoms with Gasteiger partial charge in [0.05, 0.1) is 6.61 Å². The van der Waals surface area contributed by atoms with Crippen molar-refractivity contribution in [1.82, 2.24) is 4.98 Å². The highest BCUT2D eigenvalue weighted by molar-refractivity contribution is 5.45. The fourth-order valence-electron chi connectivity index (χ4n) is 1.34. The number of likely N-dealkylation sites (N-methyl/N-ethyl adjacent to an activating group) is 1. The number of rotatable bonds is 4. The van der Waals surface area contributed by atoms with Crippen molar-refractivity contribution in [1.29, 1.82) is 0 Å². The van der Waals surface area contributed by atoms with Crippen molar-refractivity contribution < 1.29 is 5.11 Å². The molecule has 3 nitrogen and oxygen atoms in total. The molecule has 1 aromatic rings. The largest absolute Gasteiger partial charge is 0.395 e. The van der Waals surface area contributed by atoms with Gasteiger partial charge in [0.15, 0.2) is 0 Å². The fourth-order valence-corrected chi connectivity index (χ4v) is 1.34. The molecule has 0 radical (unpaired) electrons. The lowest BCUT2D eigenvalue weighted by Gasteiger charge is -2.22. The lowest BCUT2D eigenvalue weighted by atomic mass is 10.2. The molecule has 0 saturated carbocycles. The second-order valence-electron chi connectivity index (χ2n) is 2.95. The minimum Gasteiger partial charge on any atom is -0.395 e. The summed E-state index contributed by atoms with van der Waals surface area (Å²) in [7, 11) is 0. The molecular weight excluding hydrogens is 164 g/mol. The van der Waals surface area contributed by atoms with Crippen LogP contribution in [-0.2, 0) is 0 Å². The third-order valence-corrected chi connectivity index (χ3v) is 2.03. The quantitative estimate of drug-likeness (QED) is 0.756. The number of aryl methyl sites for hydroxylation is 1. The first-order valence-electron chi connectivity index (χ1n) is 4.57. The van der Waals surface area contributed by atoms with E-state index in [4.69, 9.17) is 5.11 Å². The molecule has 0 aliphatic rings. The summed E-state index contributed by atoms with van der Waals surface area (Å²) in [4.78, 5) is 6.35. The maximum atomic E-state index is 8.85. The van der Waals surface area contributed by atoms with Gasteiger partial charge in [0.25, 0.3) is 0 Å². The zero-order valence-electron chi connectivity index (χ0n) is 8.20. The van der Waals surface area contributed by atoms with Gasteiger partial charge in [0.2, 0.25) is 0 Å². The van der Waals surface area contributed by atoms with E-state index in [1.165, 1.54) is 0 Å². The smallest absolute Gasteiger partial charge is 0.131 e. The molecule has 0 aliphatic heterocycles. The number of aliphatic hydroxyl groups is 1. The maximum Gasteiger partial charge on any atom is 0.131 e. The number of nitrogens with zero attached hydrogens (tertiary/aromatic N) is 2. The molecular formula is C10H16N2O. The van der Waals surface area contributed by atoms with Gasteiger partial charge in [-0.15, -0.1) is 0 Å². The van der Waals surface area contributed by atoms with Crippen molar-refractivity contribution in [3.63, 3.8) is 0 Å². The minimum atomic E-state index is 0.170. The molecule has 3 heteroatoms. The molecule has 0 spiro atoms. The van der Waals surface area contributed by atoms with E-state index in [1.807, 2.05) is 19.1 Å². The summed E-state index contributed by atoms with van der Waals surface area (Å²) in [5, 5.41) is 8.85. The van der Waals surface area contributed by atoms with Crippen molar-refractivity contribution in [2.24, 2.45) is 0 Å². The molecule has 1 aromatic heterocycles. The lowest BCUT2D eigenvalue weighted by molar-refractivity contribution is 0.302. The molecule has 1 rings (SSSR count).